The molecular formula is C13H25NO4S. The molecule has 112 valence electrons. The zero-order valence-corrected chi connectivity index (χ0v) is 13.0. The van der Waals surface area contributed by atoms with Crippen molar-refractivity contribution >= 4 is 23.5 Å². The number of ether oxygens (including phenoxy) is 1. The summed E-state index contributed by atoms with van der Waals surface area (Å²) in [5.74, 6) is 0.459. The van der Waals surface area contributed by atoms with Crippen LogP contribution in [0.2, 0.25) is 0 Å². The number of Topliss-reactive ketones (excluding diaryl/α,β-unsaturated/α-hetero) is 1. The van der Waals surface area contributed by atoms with Crippen LogP contribution in [0.1, 0.15) is 40.0 Å². The van der Waals surface area contributed by atoms with Crippen LogP contribution in [-0.4, -0.2) is 46.6 Å². The van der Waals surface area contributed by atoms with E-state index in [9.17, 15) is 9.59 Å². The summed E-state index contributed by atoms with van der Waals surface area (Å²) in [6, 6.07) is -0.569. The van der Waals surface area contributed by atoms with E-state index < -0.39 is 11.6 Å². The minimum atomic E-state index is -0.569. The SMILES string of the molecule is CC(C)(C)O.COC(=O)C(N)CSC1CCC(=O)C1. The highest BCUT2D eigenvalue weighted by Gasteiger charge is 2.24. The third kappa shape index (κ3) is 11.0. The van der Waals surface area contributed by atoms with Crippen molar-refractivity contribution in [3.05, 3.63) is 0 Å². The highest BCUT2D eigenvalue weighted by Crippen LogP contribution is 2.27. The van der Waals surface area contributed by atoms with Gasteiger partial charge in [-0.25, -0.2) is 0 Å². The van der Waals surface area contributed by atoms with Crippen LogP contribution in [0.25, 0.3) is 0 Å². The highest BCUT2D eigenvalue weighted by molar-refractivity contribution is 8.00. The van der Waals surface area contributed by atoms with Crippen molar-refractivity contribution in [3.8, 4) is 0 Å². The third-order valence-corrected chi connectivity index (χ3v) is 3.64. The number of hydrogen-bond acceptors (Lipinski definition) is 6. The molecule has 19 heavy (non-hydrogen) atoms. The van der Waals surface area contributed by atoms with Crippen molar-refractivity contribution in [2.45, 2.75) is 56.9 Å². The Morgan fingerprint density at radius 2 is 2.11 bits per heavy atom. The van der Waals surface area contributed by atoms with Crippen molar-refractivity contribution in [2.24, 2.45) is 5.73 Å². The Morgan fingerprint density at radius 1 is 1.58 bits per heavy atom. The molecule has 0 aromatic rings. The molecule has 0 aromatic carbocycles. The summed E-state index contributed by atoms with van der Waals surface area (Å²) in [4.78, 5) is 21.9. The summed E-state index contributed by atoms with van der Waals surface area (Å²) in [6.07, 6.45) is 2.21. The van der Waals surface area contributed by atoms with Crippen LogP contribution in [0.4, 0.5) is 0 Å². The summed E-state index contributed by atoms with van der Waals surface area (Å²) in [5, 5.41) is 8.87. The number of nitrogens with two attached hydrogens (primary N) is 1. The lowest BCUT2D eigenvalue weighted by Gasteiger charge is -2.11. The summed E-state index contributed by atoms with van der Waals surface area (Å²) < 4.78 is 4.50. The zero-order valence-electron chi connectivity index (χ0n) is 12.1. The average molecular weight is 291 g/mol. The van der Waals surface area contributed by atoms with Crippen molar-refractivity contribution in [1.82, 2.24) is 0 Å². The van der Waals surface area contributed by atoms with Gasteiger partial charge >= 0.3 is 5.97 Å². The third-order valence-electron chi connectivity index (χ3n) is 2.22. The first-order valence-electron chi connectivity index (χ1n) is 6.32. The minimum Gasteiger partial charge on any atom is -0.468 e. The van der Waals surface area contributed by atoms with Crippen LogP contribution in [0.3, 0.4) is 0 Å². The summed E-state index contributed by atoms with van der Waals surface area (Å²) in [6.45, 7) is 5.23. The van der Waals surface area contributed by atoms with E-state index in [-0.39, 0.29) is 5.97 Å². The first-order valence-corrected chi connectivity index (χ1v) is 7.37. The molecule has 0 amide bonds. The van der Waals surface area contributed by atoms with Gasteiger partial charge in [0.25, 0.3) is 0 Å². The molecule has 0 aliphatic heterocycles. The normalized spacial score (nSPS) is 20.5. The molecule has 0 radical (unpaired) electrons. The molecule has 1 aliphatic carbocycles. The molecule has 1 saturated carbocycles. The van der Waals surface area contributed by atoms with Crippen LogP contribution in [0, 0.1) is 0 Å². The lowest BCUT2D eigenvalue weighted by Crippen LogP contribution is -2.34. The van der Waals surface area contributed by atoms with Crippen molar-refractivity contribution < 1.29 is 19.4 Å². The van der Waals surface area contributed by atoms with E-state index in [1.54, 1.807) is 32.5 Å². The lowest BCUT2D eigenvalue weighted by molar-refractivity contribution is -0.141. The van der Waals surface area contributed by atoms with Gasteiger partial charge in [0.2, 0.25) is 0 Å². The largest absolute Gasteiger partial charge is 0.468 e. The summed E-state index contributed by atoms with van der Waals surface area (Å²) in [5.41, 5.74) is 5.06. The standard InChI is InChI=1S/C9H15NO3S.C4H10O/c1-13-9(12)8(10)5-14-7-3-2-6(11)4-7;1-4(2,3)5/h7-8H,2-5,10H2,1H3;5H,1-3H3. The second-order valence-electron chi connectivity index (χ2n) is 5.54. The Balaban J connectivity index is 0.000000555. The topological polar surface area (TPSA) is 89.6 Å². The van der Waals surface area contributed by atoms with Gasteiger partial charge in [-0.15, -0.1) is 0 Å². The molecule has 5 nitrogen and oxygen atoms in total. The number of carbonyl (C=O) groups is 2. The van der Waals surface area contributed by atoms with Gasteiger partial charge in [0, 0.05) is 23.8 Å². The van der Waals surface area contributed by atoms with E-state index >= 15 is 0 Å². The smallest absolute Gasteiger partial charge is 0.323 e. The maximum absolute atomic E-state index is 11.0. The van der Waals surface area contributed by atoms with E-state index in [0.29, 0.717) is 29.6 Å². The van der Waals surface area contributed by atoms with E-state index in [0.717, 1.165) is 6.42 Å². The number of thioether (sulfide) groups is 1. The Hall–Kier alpha value is -0.590. The van der Waals surface area contributed by atoms with Gasteiger partial charge in [-0.05, 0) is 27.2 Å². The van der Waals surface area contributed by atoms with E-state index in [2.05, 4.69) is 4.74 Å². The number of rotatable bonds is 4. The molecule has 1 aliphatic rings. The first kappa shape index (κ1) is 18.4. The van der Waals surface area contributed by atoms with Crippen LogP contribution >= 0.6 is 11.8 Å². The molecule has 0 spiro atoms. The van der Waals surface area contributed by atoms with Crippen LogP contribution in [0.15, 0.2) is 0 Å². The average Bonchev–Trinajstić information content (AvgIpc) is 2.68. The first-order chi connectivity index (χ1) is 8.63. The van der Waals surface area contributed by atoms with E-state index in [1.165, 1.54) is 7.11 Å². The molecule has 1 fully saturated rings. The van der Waals surface area contributed by atoms with Crippen LogP contribution in [-0.2, 0) is 14.3 Å². The summed E-state index contributed by atoms with van der Waals surface area (Å²) >= 11 is 1.59. The minimum absolute atomic E-state index is 0.314. The fourth-order valence-electron chi connectivity index (χ4n) is 1.38. The predicted molar refractivity (Wildman–Crippen MR) is 77.1 cm³/mol. The fourth-order valence-corrected chi connectivity index (χ4v) is 2.59. The van der Waals surface area contributed by atoms with Gasteiger partial charge in [-0.2, -0.15) is 11.8 Å². The molecule has 2 atom stereocenters. The molecule has 0 saturated heterocycles. The molecule has 0 heterocycles. The number of aliphatic hydroxyl groups is 1. The van der Waals surface area contributed by atoms with Crippen LogP contribution in [0.5, 0.6) is 0 Å². The second kappa shape index (κ2) is 8.55. The maximum Gasteiger partial charge on any atom is 0.323 e. The molecule has 3 N–H and O–H groups in total. The Bertz CT molecular complexity index is 296. The Kier molecular flexibility index (Phi) is 8.29. The lowest BCUT2D eigenvalue weighted by atomic mass is 10.2. The van der Waals surface area contributed by atoms with Gasteiger partial charge in [0.1, 0.15) is 11.8 Å². The zero-order chi connectivity index (χ0) is 15.1. The summed E-state index contributed by atoms with van der Waals surface area (Å²) in [7, 11) is 1.33. The molecular weight excluding hydrogens is 266 g/mol. The monoisotopic (exact) mass is 291 g/mol. The molecule has 0 bridgehead atoms. The van der Waals surface area contributed by atoms with Gasteiger partial charge in [0.05, 0.1) is 12.7 Å². The predicted octanol–water partition coefficient (Wildman–Crippen LogP) is 1.12. The Labute approximate surface area is 119 Å². The van der Waals surface area contributed by atoms with Crippen LogP contribution < -0.4 is 5.73 Å². The molecule has 6 heteroatoms. The van der Waals surface area contributed by atoms with Gasteiger partial charge in [-0.1, -0.05) is 0 Å². The highest BCUT2D eigenvalue weighted by atomic mass is 32.2. The maximum atomic E-state index is 11.0. The molecule has 1 rings (SSSR count). The van der Waals surface area contributed by atoms with Gasteiger partial charge in [0.15, 0.2) is 0 Å². The number of ketones is 1. The van der Waals surface area contributed by atoms with Crippen molar-refractivity contribution in [1.29, 1.82) is 0 Å². The number of carbonyl (C=O) groups excluding carboxylic acids is 2. The number of hydrogen-bond donors (Lipinski definition) is 2. The van der Waals surface area contributed by atoms with Crippen molar-refractivity contribution in [2.75, 3.05) is 12.9 Å². The van der Waals surface area contributed by atoms with Gasteiger partial charge in [-0.3, -0.25) is 9.59 Å². The fraction of sp³-hybridized carbons (Fsp3) is 0.846. The van der Waals surface area contributed by atoms with E-state index in [4.69, 9.17) is 10.8 Å². The van der Waals surface area contributed by atoms with E-state index in [1.807, 2.05) is 0 Å². The number of esters is 1. The second-order valence-corrected chi connectivity index (χ2v) is 6.87. The van der Waals surface area contributed by atoms with Gasteiger partial charge < -0.3 is 15.6 Å². The number of methoxy groups -OCH3 is 1. The Morgan fingerprint density at radius 3 is 2.47 bits per heavy atom. The quantitative estimate of drug-likeness (QED) is 0.754. The molecule has 0 aromatic heterocycles. The van der Waals surface area contributed by atoms with Crippen molar-refractivity contribution in [3.63, 3.8) is 0 Å². The molecule has 2 unspecified atom stereocenters.